The molecule has 0 amide bonds. The summed E-state index contributed by atoms with van der Waals surface area (Å²) >= 11 is 0. The highest BCUT2D eigenvalue weighted by molar-refractivity contribution is 5.43. The molecule has 0 aliphatic heterocycles. The van der Waals surface area contributed by atoms with Crippen LogP contribution in [-0.4, -0.2) is 0 Å². The standard InChI is InChI=1S/3C19H30.2C19H32.3C17H28/c1-17(2,3)12-11-15-7-9-16(10-8-15)19(13-14-19)18(4,5)6;1-17(2,3)11-10-15-8-7-9-16(14-15)19(12-13-19)18(4,5)6;1-17(2,3)12-11-15-9-7-8-10-16(15)19(13-14-19)18(4,5)6;1-17(2,3)14-13-15-9-11-16(12-10-15)19(7,8)18(4,5)6;1-17(2,3)13-12-15-10-9-11-16(14-15)19(7,8)18(4,5)6;1-16(2,3)12-11-14-7-9-15(10-8-14)13-17(4,5)6;1-16(2,3)11-10-14-8-7-9-15(12-14)13-17(4,5)6;1-16(2,3)12-11-14-9-7-8-10-15(14)13-17(4,5)6/h7-10H,11-14H2,1-6H3;7-9,14H,10-13H2,1-6H3;7-10H,11-14H2,1-6H3;9-12H,13-14H2,1-8H3;9-11,14H,12-13H2,1-8H3;7-10H,11-13H2,1-6H3;7-9,12H,10-11,13H2,1-6H3;7-10H,11-13H2,1-6H3. The van der Waals surface area contributed by atoms with Gasteiger partial charge in [0.2, 0.25) is 0 Å². The van der Waals surface area contributed by atoms with Crippen molar-refractivity contribution in [3.63, 3.8) is 0 Å². The van der Waals surface area contributed by atoms with E-state index >= 15 is 0 Å². The van der Waals surface area contributed by atoms with Gasteiger partial charge in [0, 0.05) is 16.2 Å². The molecule has 0 radical (unpaired) electrons. The average molecular weight is 1990 g/mol. The fourth-order valence-corrected chi connectivity index (χ4v) is 19.7. The van der Waals surface area contributed by atoms with E-state index in [1.54, 1.807) is 22.3 Å². The molecule has 822 valence electrons. The average Bonchev–Trinajstić information content (AvgIpc) is 1.57. The van der Waals surface area contributed by atoms with Gasteiger partial charge < -0.3 is 0 Å². The van der Waals surface area contributed by atoms with Crippen molar-refractivity contribution in [2.24, 2.45) is 86.6 Å². The second-order valence-corrected chi connectivity index (χ2v) is 65.8. The number of rotatable bonds is 24. The molecule has 0 heteroatoms. The second kappa shape index (κ2) is 52.1. The quantitative estimate of drug-likeness (QED) is 0.0566. The molecule has 0 aromatic heterocycles. The summed E-state index contributed by atoms with van der Waals surface area (Å²) in [5.41, 5.74) is 32.2. The zero-order chi connectivity index (χ0) is 112. The maximum atomic E-state index is 2.48. The number of hydrogen-bond donors (Lipinski definition) is 0. The van der Waals surface area contributed by atoms with E-state index in [0.29, 0.717) is 92.1 Å². The summed E-state index contributed by atoms with van der Waals surface area (Å²) in [5, 5.41) is 0. The third kappa shape index (κ3) is 49.2. The van der Waals surface area contributed by atoms with Crippen molar-refractivity contribution in [3.05, 3.63) is 283 Å². The molecule has 0 N–H and O–H groups in total. The van der Waals surface area contributed by atoms with Crippen molar-refractivity contribution < 1.29 is 0 Å². The first-order valence-electron chi connectivity index (χ1n) is 58.5. The lowest BCUT2D eigenvalue weighted by Crippen LogP contribution is -2.34. The fourth-order valence-electron chi connectivity index (χ4n) is 19.7. The van der Waals surface area contributed by atoms with Gasteiger partial charge in [-0.2, -0.15) is 0 Å². The Bertz CT molecular complexity index is 4920. The van der Waals surface area contributed by atoms with Gasteiger partial charge >= 0.3 is 0 Å². The molecule has 3 saturated carbocycles. The van der Waals surface area contributed by atoms with E-state index < -0.39 is 0 Å². The van der Waals surface area contributed by atoms with Gasteiger partial charge in [0.1, 0.15) is 0 Å². The summed E-state index contributed by atoms with van der Waals surface area (Å²) in [6, 6.07) is 73.7. The Labute approximate surface area is 911 Å². The van der Waals surface area contributed by atoms with E-state index in [2.05, 4.69) is 554 Å². The normalized spacial score (nSPS) is 15.2. The van der Waals surface area contributed by atoms with Crippen molar-refractivity contribution in [3.8, 4) is 0 Å². The topological polar surface area (TPSA) is 0 Å². The zero-order valence-corrected chi connectivity index (χ0v) is 107. The lowest BCUT2D eigenvalue weighted by molar-refractivity contribution is 0.225. The molecule has 8 aromatic carbocycles. The molecule has 0 spiro atoms. The minimum atomic E-state index is 0.199. The SMILES string of the molecule is CC(C)(C)CCc1ccc(C(C)(C)C(C)(C)C)cc1.CC(C)(C)CCc1ccc(C2(C(C)(C)C)CC2)cc1.CC(C)(C)CCc1ccc(CC(C)(C)C)cc1.CC(C)(C)CCc1cccc(C(C)(C)C(C)(C)C)c1.CC(C)(C)CCc1cccc(C2(C(C)(C)C)CC2)c1.CC(C)(C)CCc1cccc(CC(C)(C)C)c1.CC(C)(C)CCc1ccccc1C1(C(C)(C)C)CC1.CC(C)(C)CCc1ccccc1CC(C)(C)C. The molecular formula is C146H238. The number of aryl methyl sites for hydroxylation is 8. The molecule has 0 saturated heterocycles. The Morgan fingerprint density at radius 2 is 0.432 bits per heavy atom. The maximum Gasteiger partial charge on any atom is 0.000485 e. The smallest absolute Gasteiger partial charge is 0.000485 e. The zero-order valence-electron chi connectivity index (χ0n) is 107. The highest BCUT2D eigenvalue weighted by Crippen LogP contribution is 2.63. The number of benzene rings is 8. The molecule has 3 aliphatic rings. The van der Waals surface area contributed by atoms with Gasteiger partial charge in [-0.25, -0.2) is 0 Å². The molecule has 11 rings (SSSR count). The predicted octanol–water partition coefficient (Wildman–Crippen LogP) is 45.0. The lowest BCUT2D eigenvalue weighted by Gasteiger charge is -2.39. The molecule has 0 bridgehead atoms. The summed E-state index contributed by atoms with van der Waals surface area (Å²) in [4.78, 5) is 0. The second-order valence-electron chi connectivity index (χ2n) is 65.8. The highest BCUT2D eigenvalue weighted by Gasteiger charge is 2.55. The van der Waals surface area contributed by atoms with E-state index in [-0.39, 0.29) is 21.7 Å². The Morgan fingerprint density at radius 3 is 0.774 bits per heavy atom. The monoisotopic (exact) mass is 1990 g/mol. The van der Waals surface area contributed by atoms with Crippen LogP contribution in [0.1, 0.15) is 539 Å². The van der Waals surface area contributed by atoms with Crippen molar-refractivity contribution in [1.82, 2.24) is 0 Å². The largest absolute Gasteiger partial charge is 0.0620 e. The summed E-state index contributed by atoms with van der Waals surface area (Å²) in [6.45, 7) is 121. The number of hydrogen-bond acceptors (Lipinski definition) is 0. The molecule has 0 heterocycles. The minimum Gasteiger partial charge on any atom is -0.0620 e. The van der Waals surface area contributed by atoms with Crippen molar-refractivity contribution in [1.29, 1.82) is 0 Å². The first-order chi connectivity index (χ1) is 65.8. The molecule has 8 aromatic rings. The highest BCUT2D eigenvalue weighted by atomic mass is 14.6. The first kappa shape index (κ1) is 132. The van der Waals surface area contributed by atoms with Gasteiger partial charge in [0.25, 0.3) is 0 Å². The third-order valence-electron chi connectivity index (χ3n) is 32.7. The molecule has 0 nitrogen and oxygen atoms in total. The molecular weight excluding hydrogens is 1750 g/mol. The fraction of sp³-hybridized carbons (Fsp3) is 0.671. The van der Waals surface area contributed by atoms with Crippen LogP contribution >= 0.6 is 0 Å². The van der Waals surface area contributed by atoms with Crippen LogP contribution in [0.15, 0.2) is 194 Å². The summed E-state index contributed by atoms with van der Waals surface area (Å²) in [7, 11) is 0. The molecule has 146 heavy (non-hydrogen) atoms. The van der Waals surface area contributed by atoms with Crippen LogP contribution in [0.3, 0.4) is 0 Å². The Balaban J connectivity index is 0.000000348. The summed E-state index contributed by atoms with van der Waals surface area (Å²) in [5.74, 6) is 0. The van der Waals surface area contributed by atoms with Crippen LogP contribution in [0.5, 0.6) is 0 Å². The Morgan fingerprint density at radius 1 is 0.171 bits per heavy atom. The lowest BCUT2D eigenvalue weighted by atomic mass is 9.65. The van der Waals surface area contributed by atoms with Gasteiger partial charge in [0.05, 0.1) is 0 Å². The van der Waals surface area contributed by atoms with Gasteiger partial charge in [-0.05, 0) is 347 Å². The van der Waals surface area contributed by atoms with E-state index in [1.807, 2.05) is 0 Å². The Hall–Kier alpha value is -6.24. The molecule has 0 atom stereocenters. The maximum absolute atomic E-state index is 2.48. The van der Waals surface area contributed by atoms with Crippen molar-refractivity contribution in [2.45, 2.75) is 548 Å². The van der Waals surface area contributed by atoms with E-state index in [9.17, 15) is 0 Å². The van der Waals surface area contributed by atoms with Crippen molar-refractivity contribution >= 4 is 0 Å². The van der Waals surface area contributed by atoms with E-state index in [0.717, 1.165) is 12.8 Å². The molecule has 3 fully saturated rings. The van der Waals surface area contributed by atoms with Crippen molar-refractivity contribution in [2.75, 3.05) is 0 Å². The van der Waals surface area contributed by atoms with Crippen LogP contribution < -0.4 is 0 Å². The molecule has 0 unspecified atom stereocenters. The van der Waals surface area contributed by atoms with E-state index in [1.165, 1.54) is 214 Å². The first-order valence-corrected chi connectivity index (χ1v) is 58.5. The van der Waals surface area contributed by atoms with Gasteiger partial charge in [-0.1, -0.05) is 554 Å². The summed E-state index contributed by atoms with van der Waals surface area (Å²) in [6.07, 6.45) is 31.3. The van der Waals surface area contributed by atoms with Gasteiger partial charge in [-0.3, -0.25) is 0 Å². The van der Waals surface area contributed by atoms with Crippen LogP contribution in [0.25, 0.3) is 0 Å². The van der Waals surface area contributed by atoms with Crippen LogP contribution in [0.2, 0.25) is 0 Å². The molecule has 3 aliphatic carbocycles. The predicted molar refractivity (Wildman–Crippen MR) is 659 cm³/mol. The van der Waals surface area contributed by atoms with Gasteiger partial charge in [-0.15, -0.1) is 0 Å². The van der Waals surface area contributed by atoms with E-state index in [4.69, 9.17) is 0 Å². The summed E-state index contributed by atoms with van der Waals surface area (Å²) < 4.78 is 0. The van der Waals surface area contributed by atoms with Gasteiger partial charge in [0.15, 0.2) is 0 Å². The minimum absolute atomic E-state index is 0.199. The third-order valence-corrected chi connectivity index (χ3v) is 32.7. The van der Waals surface area contributed by atoms with Crippen LogP contribution in [0, 0.1) is 86.6 Å². The van der Waals surface area contributed by atoms with Crippen LogP contribution in [-0.2, 0) is 97.7 Å². The Kier molecular flexibility index (Phi) is 47.1. The van der Waals surface area contributed by atoms with Crippen LogP contribution in [0.4, 0.5) is 0 Å².